The Bertz CT molecular complexity index is 871. The molecule has 0 aliphatic rings. The molecule has 0 fully saturated rings. The van der Waals surface area contributed by atoms with Gasteiger partial charge in [-0.3, -0.25) is 9.89 Å². The van der Waals surface area contributed by atoms with Crippen molar-refractivity contribution >= 4 is 28.3 Å². The Morgan fingerprint density at radius 1 is 1.26 bits per heavy atom. The average Bonchev–Trinajstić information content (AvgIpc) is 2.98. The fraction of sp³-hybridized carbons (Fsp3) is 0.222. The lowest BCUT2D eigenvalue weighted by Crippen LogP contribution is -2.08. The summed E-state index contributed by atoms with van der Waals surface area (Å²) >= 11 is 6.16. The number of nitrogens with one attached hydrogen (secondary N) is 1. The van der Waals surface area contributed by atoms with Gasteiger partial charge < -0.3 is 4.74 Å². The number of halogens is 1. The van der Waals surface area contributed by atoms with Gasteiger partial charge in [0, 0.05) is 28.8 Å². The summed E-state index contributed by atoms with van der Waals surface area (Å²) < 4.78 is 5.36. The molecule has 4 nitrogen and oxygen atoms in total. The molecule has 0 aliphatic heterocycles. The zero-order valence-electron chi connectivity index (χ0n) is 13.0. The number of nitrogens with zero attached hydrogens (tertiary/aromatic N) is 1. The van der Waals surface area contributed by atoms with Crippen LogP contribution in [0.5, 0.6) is 5.75 Å². The van der Waals surface area contributed by atoms with Crippen LogP contribution in [0.3, 0.4) is 0 Å². The molecule has 23 heavy (non-hydrogen) atoms. The maximum Gasteiger partial charge on any atom is 0.141 e. The minimum absolute atomic E-state index is 0.117. The number of carbonyl (C=O) groups is 1. The minimum Gasteiger partial charge on any atom is -0.496 e. The number of ketones is 1. The number of aryl methyl sites for hydroxylation is 1. The highest BCUT2D eigenvalue weighted by Gasteiger charge is 2.12. The zero-order chi connectivity index (χ0) is 16.4. The van der Waals surface area contributed by atoms with Crippen molar-refractivity contribution in [2.75, 3.05) is 7.11 Å². The number of hydrogen-bond donors (Lipinski definition) is 1. The molecule has 0 bridgehead atoms. The summed E-state index contributed by atoms with van der Waals surface area (Å²) in [6, 6.07) is 9.54. The first kappa shape index (κ1) is 15.6. The van der Waals surface area contributed by atoms with Gasteiger partial charge in [0.25, 0.3) is 0 Å². The first-order valence-electron chi connectivity index (χ1n) is 7.33. The number of ether oxygens (including phenoxy) is 1. The Hall–Kier alpha value is -2.33. The lowest BCUT2D eigenvalue weighted by atomic mass is 10.0. The Kier molecular flexibility index (Phi) is 4.35. The smallest absolute Gasteiger partial charge is 0.141 e. The molecule has 5 heteroatoms. The number of rotatable bonds is 5. The van der Waals surface area contributed by atoms with Crippen LogP contribution in [-0.4, -0.2) is 23.1 Å². The third-order valence-corrected chi connectivity index (χ3v) is 4.26. The van der Waals surface area contributed by atoms with Crippen LogP contribution in [0.25, 0.3) is 10.9 Å². The van der Waals surface area contributed by atoms with Crippen LogP contribution in [0.15, 0.2) is 36.5 Å². The molecular weight excluding hydrogens is 312 g/mol. The summed E-state index contributed by atoms with van der Waals surface area (Å²) in [7, 11) is 1.60. The van der Waals surface area contributed by atoms with Crippen LogP contribution in [0.2, 0.25) is 5.02 Å². The van der Waals surface area contributed by atoms with Crippen molar-refractivity contribution in [3.63, 3.8) is 0 Å². The molecular formula is C18H17ClN2O2. The Morgan fingerprint density at radius 2 is 2.09 bits per heavy atom. The zero-order valence-corrected chi connectivity index (χ0v) is 13.8. The standard InChI is InChI=1S/C18H17ClN2O2/c1-11-5-18(23-2)13(9-16(11)19)8-15(22)7-12-3-4-17-14(6-12)10-20-21-17/h3-6,9-10H,7-8H2,1-2H3,(H,20,21). The summed E-state index contributed by atoms with van der Waals surface area (Å²) in [5.74, 6) is 0.816. The van der Waals surface area contributed by atoms with Gasteiger partial charge in [0.2, 0.25) is 0 Å². The molecule has 1 aromatic heterocycles. The summed E-state index contributed by atoms with van der Waals surface area (Å²) in [6.07, 6.45) is 2.43. The molecule has 0 radical (unpaired) electrons. The van der Waals surface area contributed by atoms with Crippen molar-refractivity contribution in [2.45, 2.75) is 19.8 Å². The molecule has 1 N–H and O–H groups in total. The van der Waals surface area contributed by atoms with E-state index in [2.05, 4.69) is 10.2 Å². The van der Waals surface area contributed by atoms with Gasteiger partial charge in [-0.1, -0.05) is 17.7 Å². The predicted molar refractivity (Wildman–Crippen MR) is 91.2 cm³/mol. The second kappa shape index (κ2) is 6.42. The quantitative estimate of drug-likeness (QED) is 0.773. The Morgan fingerprint density at radius 3 is 2.87 bits per heavy atom. The van der Waals surface area contributed by atoms with E-state index >= 15 is 0 Å². The van der Waals surface area contributed by atoms with Crippen molar-refractivity contribution in [1.29, 1.82) is 0 Å². The molecule has 0 amide bonds. The molecule has 0 saturated heterocycles. The molecule has 0 atom stereocenters. The van der Waals surface area contributed by atoms with Gasteiger partial charge in [-0.05, 0) is 42.3 Å². The number of hydrogen-bond acceptors (Lipinski definition) is 3. The van der Waals surface area contributed by atoms with Gasteiger partial charge in [-0.15, -0.1) is 0 Å². The molecule has 2 aromatic carbocycles. The number of fused-ring (bicyclic) bond motifs is 1. The van der Waals surface area contributed by atoms with E-state index in [1.165, 1.54) is 0 Å². The van der Waals surface area contributed by atoms with E-state index in [1.54, 1.807) is 13.3 Å². The SMILES string of the molecule is COc1cc(C)c(Cl)cc1CC(=O)Cc1ccc2[nH]ncc2c1. The van der Waals surface area contributed by atoms with E-state index in [0.717, 1.165) is 27.6 Å². The van der Waals surface area contributed by atoms with E-state index in [-0.39, 0.29) is 5.78 Å². The molecule has 3 aromatic rings. The van der Waals surface area contributed by atoms with Gasteiger partial charge in [0.15, 0.2) is 0 Å². The lowest BCUT2D eigenvalue weighted by molar-refractivity contribution is -0.117. The first-order chi connectivity index (χ1) is 11.1. The summed E-state index contributed by atoms with van der Waals surface area (Å²) in [5.41, 5.74) is 3.69. The van der Waals surface area contributed by atoms with Crippen LogP contribution in [-0.2, 0) is 17.6 Å². The number of Topliss-reactive ketones (excluding diaryl/α,β-unsaturated/α-hetero) is 1. The second-order valence-electron chi connectivity index (χ2n) is 5.60. The lowest BCUT2D eigenvalue weighted by Gasteiger charge is -2.10. The maximum absolute atomic E-state index is 12.4. The summed E-state index contributed by atoms with van der Waals surface area (Å²) in [4.78, 5) is 12.4. The van der Waals surface area contributed by atoms with E-state index in [9.17, 15) is 4.79 Å². The van der Waals surface area contributed by atoms with Crippen molar-refractivity contribution in [1.82, 2.24) is 10.2 Å². The maximum atomic E-state index is 12.4. The van der Waals surface area contributed by atoms with Crippen LogP contribution >= 0.6 is 11.6 Å². The molecule has 0 unspecified atom stereocenters. The number of aromatic nitrogens is 2. The largest absolute Gasteiger partial charge is 0.496 e. The highest BCUT2D eigenvalue weighted by molar-refractivity contribution is 6.31. The van der Waals surface area contributed by atoms with Crippen molar-refractivity contribution in [3.8, 4) is 5.75 Å². The van der Waals surface area contributed by atoms with Gasteiger partial charge in [0.1, 0.15) is 11.5 Å². The fourth-order valence-electron chi connectivity index (χ4n) is 2.63. The number of H-pyrrole nitrogens is 1. The third kappa shape index (κ3) is 3.37. The normalized spacial score (nSPS) is 10.9. The van der Waals surface area contributed by atoms with Crippen LogP contribution < -0.4 is 4.74 Å². The Balaban J connectivity index is 1.77. The summed E-state index contributed by atoms with van der Waals surface area (Å²) in [5, 5.41) is 8.54. The number of benzene rings is 2. The average molecular weight is 329 g/mol. The molecule has 0 aliphatic carbocycles. The number of aromatic amines is 1. The second-order valence-corrected chi connectivity index (χ2v) is 6.00. The first-order valence-corrected chi connectivity index (χ1v) is 7.71. The van der Waals surface area contributed by atoms with Crippen molar-refractivity contribution < 1.29 is 9.53 Å². The van der Waals surface area contributed by atoms with Crippen LogP contribution in [0, 0.1) is 6.92 Å². The molecule has 3 rings (SSSR count). The van der Waals surface area contributed by atoms with E-state index in [4.69, 9.17) is 16.3 Å². The fourth-order valence-corrected chi connectivity index (χ4v) is 2.82. The van der Waals surface area contributed by atoms with Gasteiger partial charge in [-0.2, -0.15) is 5.10 Å². The van der Waals surface area contributed by atoms with E-state index in [0.29, 0.717) is 23.6 Å². The predicted octanol–water partition coefficient (Wildman–Crippen LogP) is 3.89. The molecule has 0 spiro atoms. The minimum atomic E-state index is 0.117. The van der Waals surface area contributed by atoms with Crippen LogP contribution in [0.4, 0.5) is 0 Å². The molecule has 0 saturated carbocycles. The van der Waals surface area contributed by atoms with Crippen LogP contribution in [0.1, 0.15) is 16.7 Å². The molecule has 1 heterocycles. The van der Waals surface area contributed by atoms with Crippen molar-refractivity contribution in [2.24, 2.45) is 0 Å². The van der Waals surface area contributed by atoms with Gasteiger partial charge in [0.05, 0.1) is 18.8 Å². The topological polar surface area (TPSA) is 55.0 Å². The van der Waals surface area contributed by atoms with Gasteiger partial charge in [-0.25, -0.2) is 0 Å². The third-order valence-electron chi connectivity index (χ3n) is 3.86. The molecule has 118 valence electrons. The van der Waals surface area contributed by atoms with E-state index in [1.807, 2.05) is 37.3 Å². The monoisotopic (exact) mass is 328 g/mol. The summed E-state index contributed by atoms with van der Waals surface area (Å²) in [6.45, 7) is 1.91. The van der Waals surface area contributed by atoms with E-state index < -0.39 is 0 Å². The number of methoxy groups -OCH3 is 1. The highest BCUT2D eigenvalue weighted by Crippen LogP contribution is 2.27. The number of carbonyl (C=O) groups excluding carboxylic acids is 1. The highest BCUT2D eigenvalue weighted by atomic mass is 35.5. The van der Waals surface area contributed by atoms with Gasteiger partial charge >= 0.3 is 0 Å². The van der Waals surface area contributed by atoms with Crippen molar-refractivity contribution in [3.05, 3.63) is 58.2 Å². The Labute approximate surface area is 139 Å².